The summed E-state index contributed by atoms with van der Waals surface area (Å²) < 4.78 is 5.45. The van der Waals surface area contributed by atoms with Crippen LogP contribution in [0.25, 0.3) is 0 Å². The van der Waals surface area contributed by atoms with Gasteiger partial charge in [0.15, 0.2) is 5.82 Å². The molecule has 3 fully saturated rings. The molecule has 1 unspecified atom stereocenters. The van der Waals surface area contributed by atoms with Gasteiger partial charge in [0.25, 0.3) is 0 Å². The molecular weight excluding hydrogens is 330 g/mol. The Kier molecular flexibility index (Phi) is 3.64. The standard InChI is InChI=1S/C20H23N3O3/c24-18(25)14-8-13(9-14)17-22-19(23-26-17)20(6-7-20)11-21-16-10-15(16)12-4-2-1-3-5-12/h1-5,13-16,21H,6-11H2,(H,24,25)/t13-,14-,15?,16-/m1/s1. The third-order valence-corrected chi connectivity index (χ3v) is 6.33. The third-order valence-electron chi connectivity index (χ3n) is 6.33. The van der Waals surface area contributed by atoms with Gasteiger partial charge in [-0.1, -0.05) is 35.5 Å². The van der Waals surface area contributed by atoms with Gasteiger partial charge in [-0.05, 0) is 37.7 Å². The highest BCUT2D eigenvalue weighted by atomic mass is 16.5. The number of nitrogens with zero attached hydrogens (tertiary/aromatic N) is 2. The Balaban J connectivity index is 1.17. The van der Waals surface area contributed by atoms with Crippen LogP contribution in [-0.2, 0) is 10.2 Å². The summed E-state index contributed by atoms with van der Waals surface area (Å²) in [6, 6.07) is 11.2. The van der Waals surface area contributed by atoms with Crippen LogP contribution < -0.4 is 5.32 Å². The number of rotatable bonds is 7. The summed E-state index contributed by atoms with van der Waals surface area (Å²) in [5.74, 6) is 1.19. The highest BCUT2D eigenvalue weighted by molar-refractivity contribution is 5.71. The smallest absolute Gasteiger partial charge is 0.306 e. The van der Waals surface area contributed by atoms with Crippen molar-refractivity contribution in [3.05, 3.63) is 47.6 Å². The van der Waals surface area contributed by atoms with E-state index in [0.717, 1.165) is 25.2 Å². The molecule has 6 nitrogen and oxygen atoms in total. The second-order valence-corrected chi connectivity index (χ2v) is 8.18. The zero-order chi connectivity index (χ0) is 17.7. The molecule has 0 amide bonds. The summed E-state index contributed by atoms with van der Waals surface area (Å²) in [5.41, 5.74) is 1.43. The maximum absolute atomic E-state index is 10.9. The quantitative estimate of drug-likeness (QED) is 0.796. The van der Waals surface area contributed by atoms with Gasteiger partial charge >= 0.3 is 5.97 Å². The molecule has 3 aliphatic carbocycles. The molecule has 3 aliphatic rings. The van der Waals surface area contributed by atoms with Crippen molar-refractivity contribution in [2.24, 2.45) is 5.92 Å². The molecular formula is C20H23N3O3. The molecule has 136 valence electrons. The van der Waals surface area contributed by atoms with Crippen molar-refractivity contribution in [1.29, 1.82) is 0 Å². The first-order valence-electron chi connectivity index (χ1n) is 9.50. The van der Waals surface area contributed by atoms with Gasteiger partial charge in [0, 0.05) is 29.8 Å². The van der Waals surface area contributed by atoms with Crippen molar-refractivity contribution in [3.63, 3.8) is 0 Å². The van der Waals surface area contributed by atoms with Gasteiger partial charge in [-0.25, -0.2) is 0 Å². The lowest BCUT2D eigenvalue weighted by Crippen LogP contribution is -2.30. The first-order chi connectivity index (χ1) is 12.6. The van der Waals surface area contributed by atoms with Crippen LogP contribution in [0.1, 0.15) is 61.2 Å². The van der Waals surface area contributed by atoms with Crippen LogP contribution in [0.3, 0.4) is 0 Å². The third kappa shape index (κ3) is 2.82. The summed E-state index contributed by atoms with van der Waals surface area (Å²) in [5, 5.41) is 16.9. The number of aromatic nitrogens is 2. The van der Waals surface area contributed by atoms with Gasteiger partial charge in [-0.2, -0.15) is 4.98 Å². The highest BCUT2D eigenvalue weighted by Crippen LogP contribution is 2.49. The van der Waals surface area contributed by atoms with Crippen molar-refractivity contribution < 1.29 is 14.4 Å². The van der Waals surface area contributed by atoms with Gasteiger partial charge in [-0.3, -0.25) is 4.79 Å². The monoisotopic (exact) mass is 353 g/mol. The van der Waals surface area contributed by atoms with E-state index in [1.807, 2.05) is 0 Å². The fourth-order valence-corrected chi connectivity index (χ4v) is 4.08. The van der Waals surface area contributed by atoms with Crippen molar-refractivity contribution >= 4 is 5.97 Å². The van der Waals surface area contributed by atoms with E-state index in [2.05, 4.69) is 45.8 Å². The highest BCUT2D eigenvalue weighted by Gasteiger charge is 2.51. The molecule has 0 saturated heterocycles. The molecule has 1 heterocycles. The molecule has 0 aliphatic heterocycles. The van der Waals surface area contributed by atoms with Gasteiger partial charge in [0.1, 0.15) is 0 Å². The van der Waals surface area contributed by atoms with Crippen LogP contribution in [0.2, 0.25) is 0 Å². The lowest BCUT2D eigenvalue weighted by Gasteiger charge is -2.28. The minimum Gasteiger partial charge on any atom is -0.481 e. The van der Waals surface area contributed by atoms with E-state index in [4.69, 9.17) is 9.63 Å². The van der Waals surface area contributed by atoms with Gasteiger partial charge < -0.3 is 14.9 Å². The Morgan fingerprint density at radius 1 is 1.23 bits per heavy atom. The van der Waals surface area contributed by atoms with E-state index >= 15 is 0 Å². The average molecular weight is 353 g/mol. The average Bonchev–Trinajstić information content (AvgIpc) is 3.50. The number of hydrogen-bond acceptors (Lipinski definition) is 5. The Bertz CT molecular complexity index is 809. The minimum absolute atomic E-state index is 0.0154. The maximum atomic E-state index is 10.9. The van der Waals surface area contributed by atoms with Crippen LogP contribution in [0.5, 0.6) is 0 Å². The van der Waals surface area contributed by atoms with Gasteiger partial charge in [-0.15, -0.1) is 0 Å². The Labute approximate surface area is 152 Å². The van der Waals surface area contributed by atoms with Crippen LogP contribution in [0.15, 0.2) is 34.9 Å². The molecule has 0 bridgehead atoms. The first-order valence-corrected chi connectivity index (χ1v) is 9.50. The second-order valence-electron chi connectivity index (χ2n) is 8.18. The number of carboxylic acid groups (broad SMARTS) is 1. The van der Waals surface area contributed by atoms with Crippen LogP contribution in [-0.4, -0.2) is 33.8 Å². The van der Waals surface area contributed by atoms with Crippen molar-refractivity contribution in [1.82, 2.24) is 15.5 Å². The Morgan fingerprint density at radius 2 is 2.00 bits per heavy atom. The fourth-order valence-electron chi connectivity index (χ4n) is 4.08. The van der Waals surface area contributed by atoms with Crippen LogP contribution >= 0.6 is 0 Å². The number of benzene rings is 1. The molecule has 0 spiro atoms. The van der Waals surface area contributed by atoms with E-state index in [-0.39, 0.29) is 17.3 Å². The normalized spacial score (nSPS) is 31.2. The molecule has 1 aromatic carbocycles. The van der Waals surface area contributed by atoms with Crippen LogP contribution in [0.4, 0.5) is 0 Å². The lowest BCUT2D eigenvalue weighted by molar-refractivity contribution is -0.145. The number of aliphatic carboxylic acids is 1. The summed E-state index contributed by atoms with van der Waals surface area (Å²) >= 11 is 0. The van der Waals surface area contributed by atoms with E-state index in [1.165, 1.54) is 12.0 Å². The molecule has 1 aromatic heterocycles. The van der Waals surface area contributed by atoms with Crippen LogP contribution in [0, 0.1) is 5.92 Å². The number of nitrogens with one attached hydrogen (secondary N) is 1. The van der Waals surface area contributed by atoms with Gasteiger partial charge in [0.05, 0.1) is 5.92 Å². The lowest BCUT2D eigenvalue weighted by atomic mass is 9.75. The summed E-state index contributed by atoms with van der Waals surface area (Å²) in [6.07, 6.45) is 4.59. The van der Waals surface area contributed by atoms with E-state index in [0.29, 0.717) is 30.7 Å². The zero-order valence-corrected chi connectivity index (χ0v) is 14.6. The molecule has 5 rings (SSSR count). The SMILES string of the molecule is O=C(O)[C@H]1C[C@H](c2nc(C3(CN[C@@H]4CC4c4ccccc4)CC3)no2)C1. The van der Waals surface area contributed by atoms with Gasteiger partial charge in [0.2, 0.25) is 5.89 Å². The minimum atomic E-state index is -0.721. The summed E-state index contributed by atoms with van der Waals surface area (Å²) in [7, 11) is 0. The first kappa shape index (κ1) is 16.0. The maximum Gasteiger partial charge on any atom is 0.306 e. The topological polar surface area (TPSA) is 88.2 Å². The predicted molar refractivity (Wildman–Crippen MR) is 93.9 cm³/mol. The van der Waals surface area contributed by atoms with Crippen molar-refractivity contribution in [2.75, 3.05) is 6.54 Å². The number of carboxylic acids is 1. The molecule has 2 N–H and O–H groups in total. The second kappa shape index (κ2) is 5.91. The van der Waals surface area contributed by atoms with E-state index in [9.17, 15) is 4.79 Å². The van der Waals surface area contributed by atoms with Crippen molar-refractivity contribution in [3.8, 4) is 0 Å². The molecule has 3 saturated carbocycles. The van der Waals surface area contributed by atoms with E-state index in [1.54, 1.807) is 0 Å². The largest absolute Gasteiger partial charge is 0.481 e. The van der Waals surface area contributed by atoms with Crippen molar-refractivity contribution in [2.45, 2.75) is 55.4 Å². The Morgan fingerprint density at radius 3 is 2.69 bits per heavy atom. The summed E-state index contributed by atoms with van der Waals surface area (Å²) in [6.45, 7) is 0.891. The summed E-state index contributed by atoms with van der Waals surface area (Å²) in [4.78, 5) is 15.6. The zero-order valence-electron chi connectivity index (χ0n) is 14.6. The Hall–Kier alpha value is -2.21. The molecule has 2 atom stereocenters. The number of hydrogen-bond donors (Lipinski definition) is 2. The fraction of sp³-hybridized carbons (Fsp3) is 0.550. The molecule has 2 aromatic rings. The van der Waals surface area contributed by atoms with E-state index < -0.39 is 5.97 Å². The predicted octanol–water partition coefficient (Wildman–Crippen LogP) is 2.83. The molecule has 6 heteroatoms. The molecule has 26 heavy (non-hydrogen) atoms. The molecule has 0 radical (unpaired) electrons. The number of carbonyl (C=O) groups is 1.